The molecule has 2 aromatic heterocycles. The lowest BCUT2D eigenvalue weighted by atomic mass is 9.71. The fourth-order valence-corrected chi connectivity index (χ4v) is 4.82. The van der Waals surface area contributed by atoms with E-state index in [4.69, 9.17) is 5.41 Å². The Morgan fingerprint density at radius 2 is 1.86 bits per heavy atom. The number of hydrogen-bond acceptors (Lipinski definition) is 6. The molecule has 1 fully saturated rings. The van der Waals surface area contributed by atoms with Crippen LogP contribution in [0.25, 0.3) is 0 Å². The number of benzene rings is 1. The molecule has 4 unspecified atom stereocenters. The van der Waals surface area contributed by atoms with Crippen LogP contribution in [-0.2, 0) is 5.72 Å². The average molecular weight is 401 g/mol. The van der Waals surface area contributed by atoms with Gasteiger partial charge in [-0.1, -0.05) is 42.5 Å². The van der Waals surface area contributed by atoms with Crippen LogP contribution in [0.3, 0.4) is 0 Å². The summed E-state index contributed by atoms with van der Waals surface area (Å²) >= 11 is 1.42. The lowest BCUT2D eigenvalue weighted by Crippen LogP contribution is -2.65. The molecule has 4 atom stereocenters. The summed E-state index contributed by atoms with van der Waals surface area (Å²) in [7, 11) is 0. The lowest BCUT2D eigenvalue weighted by Gasteiger charge is -2.49. The third-order valence-electron chi connectivity index (χ3n) is 5.20. The van der Waals surface area contributed by atoms with Crippen molar-refractivity contribution in [2.45, 2.75) is 17.7 Å². The molecule has 0 bridgehead atoms. The Balaban J connectivity index is 1.98. The first-order valence-corrected chi connectivity index (χ1v) is 10.0. The van der Waals surface area contributed by atoms with E-state index in [0.717, 1.165) is 5.56 Å². The van der Waals surface area contributed by atoms with Crippen LogP contribution in [0.5, 0.6) is 0 Å². The molecule has 1 aromatic carbocycles. The van der Waals surface area contributed by atoms with E-state index in [1.54, 1.807) is 0 Å². The van der Waals surface area contributed by atoms with Crippen LogP contribution in [-0.4, -0.2) is 11.1 Å². The zero-order valence-electron chi connectivity index (χ0n) is 15.4. The standard InChI is InChI=1S/C22H19N5OS/c23-14-17-19(16-8-3-1-4-9-16)20(27-11-5-2-6-12-27)22(28,18-10-7-13-29-18)26-21(17)25-15-24/h1-13,17,19-20,24,26,28H. The Morgan fingerprint density at radius 3 is 2.48 bits per heavy atom. The van der Waals surface area contributed by atoms with Crippen molar-refractivity contribution in [1.29, 1.82) is 10.7 Å². The van der Waals surface area contributed by atoms with Crippen molar-refractivity contribution in [2.24, 2.45) is 10.9 Å². The number of nitrogens with zero attached hydrogens (tertiary/aromatic N) is 3. The van der Waals surface area contributed by atoms with Crippen LogP contribution >= 0.6 is 11.3 Å². The van der Waals surface area contributed by atoms with E-state index in [2.05, 4.69) is 16.4 Å². The number of nitrogens with one attached hydrogen (secondary N) is 2. The number of aliphatic hydroxyl groups is 1. The molecule has 3 heterocycles. The van der Waals surface area contributed by atoms with Gasteiger partial charge in [0.2, 0.25) is 11.8 Å². The van der Waals surface area contributed by atoms with Crippen LogP contribution in [0.2, 0.25) is 0 Å². The van der Waals surface area contributed by atoms with Gasteiger partial charge in [0.15, 0.2) is 12.4 Å². The van der Waals surface area contributed by atoms with E-state index in [1.807, 2.05) is 89.0 Å². The topological polar surface area (TPSA) is 96.1 Å². The molecule has 0 aliphatic carbocycles. The normalized spacial score (nSPS) is 26.3. The molecule has 6 nitrogen and oxygen atoms in total. The van der Waals surface area contributed by atoms with Crippen LogP contribution in [0, 0.1) is 28.8 Å². The molecule has 0 amide bonds. The monoisotopic (exact) mass is 401 g/mol. The fraction of sp³-hybridized carbons (Fsp3) is 0.182. The smallest absolute Gasteiger partial charge is 0.211 e. The van der Waals surface area contributed by atoms with E-state index in [-0.39, 0.29) is 6.17 Å². The average Bonchev–Trinajstić information content (AvgIpc) is 3.31. The maximum Gasteiger partial charge on any atom is 0.211 e. The zero-order valence-corrected chi connectivity index (χ0v) is 16.3. The molecular weight excluding hydrogens is 382 g/mol. The number of aromatic nitrogens is 1. The quantitative estimate of drug-likeness (QED) is 0.356. The second-order valence-electron chi connectivity index (χ2n) is 6.79. The number of rotatable bonds is 4. The first-order valence-electron chi connectivity index (χ1n) is 9.13. The second-order valence-corrected chi connectivity index (χ2v) is 7.74. The highest BCUT2D eigenvalue weighted by Gasteiger charge is 2.57. The van der Waals surface area contributed by atoms with Gasteiger partial charge in [-0.15, -0.1) is 11.3 Å². The predicted octanol–water partition coefficient (Wildman–Crippen LogP) is 3.19. The maximum atomic E-state index is 12.0. The van der Waals surface area contributed by atoms with Gasteiger partial charge in [0.05, 0.1) is 16.9 Å². The number of nitriles is 1. The third-order valence-corrected chi connectivity index (χ3v) is 6.19. The number of hydrogen-bond donors (Lipinski definition) is 3. The van der Waals surface area contributed by atoms with E-state index < -0.39 is 23.6 Å². The largest absolute Gasteiger partial charge is 0.385 e. The van der Waals surface area contributed by atoms with Gasteiger partial charge in [-0.25, -0.2) is 0 Å². The fourth-order valence-electron chi connectivity index (χ4n) is 4.01. The van der Waals surface area contributed by atoms with Crippen molar-refractivity contribution < 1.29 is 9.67 Å². The summed E-state index contributed by atoms with van der Waals surface area (Å²) in [5, 5.41) is 34.3. The Hall–Kier alpha value is -3.27. The van der Waals surface area contributed by atoms with Crippen molar-refractivity contribution in [3.05, 3.63) is 95.0 Å². The predicted molar refractivity (Wildman–Crippen MR) is 109 cm³/mol. The zero-order chi connectivity index (χ0) is 20.3. The minimum Gasteiger partial charge on any atom is -0.385 e. The van der Waals surface area contributed by atoms with Gasteiger partial charge in [0.25, 0.3) is 0 Å². The first kappa shape index (κ1) is 19.1. The highest BCUT2D eigenvalue weighted by Crippen LogP contribution is 2.50. The molecule has 0 saturated carbocycles. The highest BCUT2D eigenvalue weighted by atomic mass is 32.1. The van der Waals surface area contributed by atoms with Gasteiger partial charge in [-0.2, -0.15) is 15.8 Å². The lowest BCUT2D eigenvalue weighted by molar-refractivity contribution is -0.746. The van der Waals surface area contributed by atoms with E-state index >= 15 is 0 Å². The Morgan fingerprint density at radius 1 is 1.14 bits per heavy atom. The summed E-state index contributed by atoms with van der Waals surface area (Å²) in [6.07, 6.45) is 4.01. The second kappa shape index (κ2) is 8.00. The molecule has 1 aliphatic rings. The van der Waals surface area contributed by atoms with Crippen LogP contribution in [0.15, 0.2) is 83.4 Å². The minimum atomic E-state index is -1.52. The number of piperidine rings is 1. The molecule has 3 N–H and O–H groups in total. The van der Waals surface area contributed by atoms with Crippen LogP contribution in [0.4, 0.5) is 0 Å². The van der Waals surface area contributed by atoms with Crippen molar-refractivity contribution in [3.8, 4) is 6.07 Å². The summed E-state index contributed by atoms with van der Waals surface area (Å²) in [5.74, 6) is -1.10. The molecule has 0 radical (unpaired) electrons. The number of aliphatic imine (C=N–C) groups is 1. The number of thiophene rings is 1. The molecular formula is C22H19N5OS. The number of pyridine rings is 1. The van der Waals surface area contributed by atoms with Crippen molar-refractivity contribution in [1.82, 2.24) is 5.32 Å². The Bertz CT molecular complexity index is 1040. The van der Waals surface area contributed by atoms with Gasteiger partial charge < -0.3 is 20.8 Å². The van der Waals surface area contributed by atoms with Crippen molar-refractivity contribution in [3.63, 3.8) is 0 Å². The van der Waals surface area contributed by atoms with Gasteiger partial charge in [-0.3, -0.25) is 0 Å². The maximum absolute atomic E-state index is 12.0. The SMILES string of the molecule is N#CC1[C-](N=C=N)NC(O)(c2cccs2)C([n+]2ccccc2)C1c1ccccc1. The van der Waals surface area contributed by atoms with Gasteiger partial charge in [-0.05, 0) is 23.2 Å². The Labute approximate surface area is 172 Å². The van der Waals surface area contributed by atoms with Crippen LogP contribution < -0.4 is 9.88 Å². The van der Waals surface area contributed by atoms with E-state index in [9.17, 15) is 10.4 Å². The summed E-state index contributed by atoms with van der Waals surface area (Å²) in [6.45, 7) is 0. The summed E-state index contributed by atoms with van der Waals surface area (Å²) < 4.78 is 1.93. The molecule has 1 aliphatic heterocycles. The molecule has 0 spiro atoms. The highest BCUT2D eigenvalue weighted by molar-refractivity contribution is 7.10. The van der Waals surface area contributed by atoms with E-state index in [1.165, 1.54) is 11.3 Å². The first-order chi connectivity index (χ1) is 14.2. The molecule has 7 heteroatoms. The Kier molecular flexibility index (Phi) is 5.26. The van der Waals surface area contributed by atoms with E-state index in [0.29, 0.717) is 4.88 Å². The summed E-state index contributed by atoms with van der Waals surface area (Å²) in [5.41, 5.74) is -0.612. The van der Waals surface area contributed by atoms with Gasteiger partial charge in [0, 0.05) is 18.1 Å². The van der Waals surface area contributed by atoms with Gasteiger partial charge in [0.1, 0.15) is 0 Å². The third kappa shape index (κ3) is 3.35. The molecule has 1 saturated heterocycles. The van der Waals surface area contributed by atoms with Crippen molar-refractivity contribution >= 4 is 17.3 Å². The van der Waals surface area contributed by atoms with Crippen LogP contribution in [0.1, 0.15) is 22.4 Å². The molecule has 3 aromatic rings. The van der Waals surface area contributed by atoms with Crippen molar-refractivity contribution in [2.75, 3.05) is 0 Å². The summed E-state index contributed by atoms with van der Waals surface area (Å²) in [6, 6.07) is 22.9. The molecule has 4 rings (SSSR count). The van der Waals surface area contributed by atoms with Gasteiger partial charge >= 0.3 is 0 Å². The minimum absolute atomic E-state index is 0.236. The summed E-state index contributed by atoms with van der Waals surface area (Å²) in [4.78, 5) is 4.68. The molecule has 29 heavy (non-hydrogen) atoms. The molecule has 144 valence electrons.